The van der Waals surface area contributed by atoms with Crippen molar-refractivity contribution in [2.75, 3.05) is 13.2 Å². The maximum atomic E-state index is 13.7. The molecule has 0 spiro atoms. The fraction of sp³-hybridized carbons (Fsp3) is 0.143. The minimum atomic E-state index is -4.56. The van der Waals surface area contributed by atoms with E-state index in [1.54, 1.807) is 30.3 Å². The van der Waals surface area contributed by atoms with Gasteiger partial charge in [0.25, 0.3) is 5.91 Å². The number of carbonyl (C=O) groups is 1. The van der Waals surface area contributed by atoms with Crippen molar-refractivity contribution in [2.24, 2.45) is 0 Å². The zero-order chi connectivity index (χ0) is 21.6. The van der Waals surface area contributed by atoms with Gasteiger partial charge in [-0.2, -0.15) is 18.2 Å². The number of pyridine rings is 1. The number of alkyl halides is 3. The van der Waals surface area contributed by atoms with Crippen LogP contribution in [0.25, 0.3) is 28.0 Å². The lowest BCUT2D eigenvalue weighted by Gasteiger charge is -2.12. The molecule has 1 N–H and O–H groups in total. The Bertz CT molecular complexity index is 1300. The van der Waals surface area contributed by atoms with E-state index in [1.165, 1.54) is 18.6 Å². The number of ether oxygens (including phenoxy) is 1. The maximum absolute atomic E-state index is 13.7. The number of rotatable bonds is 2. The predicted octanol–water partition coefficient (Wildman–Crippen LogP) is 3.62. The van der Waals surface area contributed by atoms with Gasteiger partial charge in [0.05, 0.1) is 23.9 Å². The van der Waals surface area contributed by atoms with E-state index in [9.17, 15) is 18.0 Å². The van der Waals surface area contributed by atoms with Crippen LogP contribution in [-0.4, -0.2) is 38.6 Å². The first-order valence-electron chi connectivity index (χ1n) is 9.33. The molecule has 4 aromatic rings. The van der Waals surface area contributed by atoms with Gasteiger partial charge in [0.15, 0.2) is 5.82 Å². The molecule has 4 heterocycles. The molecule has 3 aromatic heterocycles. The molecular weight excluding hydrogens is 411 g/mol. The van der Waals surface area contributed by atoms with Crippen molar-refractivity contribution in [1.82, 2.24) is 24.8 Å². The van der Waals surface area contributed by atoms with Crippen molar-refractivity contribution in [2.45, 2.75) is 6.18 Å². The minimum absolute atomic E-state index is 0.143. The van der Waals surface area contributed by atoms with Gasteiger partial charge in [-0.1, -0.05) is 0 Å². The summed E-state index contributed by atoms with van der Waals surface area (Å²) in [6.45, 7) is 0.607. The summed E-state index contributed by atoms with van der Waals surface area (Å²) in [6.07, 6.45) is -0.333. The number of hydrogen-bond donors (Lipinski definition) is 1. The van der Waals surface area contributed by atoms with Crippen molar-refractivity contribution in [3.8, 4) is 23.0 Å². The Labute approximate surface area is 173 Å². The molecule has 5 rings (SSSR count). The highest BCUT2D eigenvalue weighted by molar-refractivity contribution is 5.96. The molecule has 1 amide bonds. The molecular formula is C21H14F3N5O2. The standard InChI is InChI=1S/C21H14F3N5O2/c22-21(23,24)17-9-13-8-12(3-4-16(13)29(17)14-2-1-5-25-10-14)18-27-11-15-19(30)26-6-7-31-20(15)28-18/h1-5,8-11H,6-7H2,(H,26,30). The second-order valence-electron chi connectivity index (χ2n) is 6.86. The summed E-state index contributed by atoms with van der Waals surface area (Å²) in [5.74, 6) is 0.0555. The van der Waals surface area contributed by atoms with Gasteiger partial charge in [-0.3, -0.25) is 9.78 Å². The molecule has 1 aromatic carbocycles. The Morgan fingerprint density at radius 2 is 2.00 bits per heavy atom. The van der Waals surface area contributed by atoms with Crippen molar-refractivity contribution in [1.29, 1.82) is 0 Å². The smallest absolute Gasteiger partial charge is 0.431 e. The number of nitrogens with zero attached hydrogens (tertiary/aromatic N) is 4. The molecule has 31 heavy (non-hydrogen) atoms. The average molecular weight is 425 g/mol. The first-order valence-corrected chi connectivity index (χ1v) is 9.33. The van der Waals surface area contributed by atoms with Crippen LogP contribution < -0.4 is 10.1 Å². The molecule has 1 aliphatic rings. The molecule has 1 aliphatic heterocycles. The van der Waals surface area contributed by atoms with Gasteiger partial charge in [0, 0.05) is 23.3 Å². The van der Waals surface area contributed by atoms with Gasteiger partial charge in [-0.15, -0.1) is 0 Å². The van der Waals surface area contributed by atoms with Crippen LogP contribution in [0.4, 0.5) is 13.2 Å². The van der Waals surface area contributed by atoms with E-state index in [0.717, 1.165) is 10.6 Å². The van der Waals surface area contributed by atoms with E-state index in [2.05, 4.69) is 20.3 Å². The quantitative estimate of drug-likeness (QED) is 0.531. The molecule has 0 bridgehead atoms. The second-order valence-corrected chi connectivity index (χ2v) is 6.86. The third-order valence-corrected chi connectivity index (χ3v) is 4.88. The van der Waals surface area contributed by atoms with Crippen molar-refractivity contribution < 1.29 is 22.7 Å². The molecule has 10 heteroatoms. The number of carbonyl (C=O) groups excluding carboxylic acids is 1. The Kier molecular flexibility index (Phi) is 4.35. The zero-order valence-corrected chi connectivity index (χ0v) is 15.8. The van der Waals surface area contributed by atoms with Crippen molar-refractivity contribution >= 4 is 16.8 Å². The molecule has 0 aliphatic carbocycles. The highest BCUT2D eigenvalue weighted by Gasteiger charge is 2.36. The van der Waals surface area contributed by atoms with Gasteiger partial charge in [0.1, 0.15) is 17.9 Å². The van der Waals surface area contributed by atoms with Gasteiger partial charge in [-0.25, -0.2) is 4.98 Å². The van der Waals surface area contributed by atoms with E-state index in [0.29, 0.717) is 28.7 Å². The SMILES string of the molecule is O=C1NCCOc2nc(-c3ccc4c(c3)cc(C(F)(F)F)n4-c3cccnc3)ncc21. The summed E-state index contributed by atoms with van der Waals surface area (Å²) in [5, 5.41) is 3.03. The fourth-order valence-electron chi connectivity index (χ4n) is 3.51. The molecule has 0 radical (unpaired) electrons. The Morgan fingerprint density at radius 3 is 2.77 bits per heavy atom. The number of halogens is 3. The average Bonchev–Trinajstić information content (AvgIpc) is 3.06. The first-order chi connectivity index (χ1) is 14.9. The number of amides is 1. The lowest BCUT2D eigenvalue weighted by Crippen LogP contribution is -2.24. The molecule has 0 fully saturated rings. The van der Waals surface area contributed by atoms with Crippen LogP contribution in [0, 0.1) is 0 Å². The zero-order valence-electron chi connectivity index (χ0n) is 15.8. The highest BCUT2D eigenvalue weighted by Crippen LogP contribution is 2.37. The number of aromatic nitrogens is 4. The van der Waals surface area contributed by atoms with Crippen LogP contribution in [0.1, 0.15) is 16.1 Å². The fourth-order valence-corrected chi connectivity index (χ4v) is 3.51. The van der Waals surface area contributed by atoms with Crippen LogP contribution in [-0.2, 0) is 6.18 Å². The van der Waals surface area contributed by atoms with Crippen molar-refractivity contribution in [3.05, 3.63) is 66.2 Å². The number of benzene rings is 1. The topological polar surface area (TPSA) is 81.9 Å². The summed E-state index contributed by atoms with van der Waals surface area (Å²) in [4.78, 5) is 24.5. The van der Waals surface area contributed by atoms with E-state index in [1.807, 2.05) is 0 Å². The van der Waals surface area contributed by atoms with Crippen LogP contribution in [0.15, 0.2) is 55.0 Å². The molecule has 7 nitrogen and oxygen atoms in total. The third kappa shape index (κ3) is 3.35. The lowest BCUT2D eigenvalue weighted by molar-refractivity contribution is -0.142. The van der Waals surface area contributed by atoms with E-state index in [4.69, 9.17) is 4.74 Å². The largest absolute Gasteiger partial charge is 0.475 e. The van der Waals surface area contributed by atoms with E-state index in [-0.39, 0.29) is 29.8 Å². The molecule has 0 saturated carbocycles. The summed E-state index contributed by atoms with van der Waals surface area (Å²) >= 11 is 0. The molecule has 0 atom stereocenters. The van der Waals surface area contributed by atoms with Crippen LogP contribution in [0.3, 0.4) is 0 Å². The van der Waals surface area contributed by atoms with Gasteiger partial charge in [-0.05, 0) is 36.4 Å². The predicted molar refractivity (Wildman–Crippen MR) is 105 cm³/mol. The minimum Gasteiger partial charge on any atom is -0.475 e. The van der Waals surface area contributed by atoms with Crippen LogP contribution in [0.5, 0.6) is 5.88 Å². The van der Waals surface area contributed by atoms with Crippen LogP contribution >= 0.6 is 0 Å². The summed E-state index contributed by atoms with van der Waals surface area (Å²) in [7, 11) is 0. The maximum Gasteiger partial charge on any atom is 0.431 e. The molecule has 156 valence electrons. The highest BCUT2D eigenvalue weighted by atomic mass is 19.4. The lowest BCUT2D eigenvalue weighted by atomic mass is 10.1. The van der Waals surface area contributed by atoms with Crippen LogP contribution in [0.2, 0.25) is 0 Å². The summed E-state index contributed by atoms with van der Waals surface area (Å²) in [5.41, 5.74) is 0.577. The van der Waals surface area contributed by atoms with Gasteiger partial charge >= 0.3 is 6.18 Å². The number of nitrogens with one attached hydrogen (secondary N) is 1. The summed E-state index contributed by atoms with van der Waals surface area (Å²) in [6, 6.07) is 9.02. The monoisotopic (exact) mass is 425 g/mol. The van der Waals surface area contributed by atoms with E-state index >= 15 is 0 Å². The van der Waals surface area contributed by atoms with Gasteiger partial charge < -0.3 is 14.6 Å². The third-order valence-electron chi connectivity index (χ3n) is 4.88. The second kappa shape index (κ2) is 7.08. The van der Waals surface area contributed by atoms with Gasteiger partial charge in [0.2, 0.25) is 5.88 Å². The molecule has 0 saturated heterocycles. The summed E-state index contributed by atoms with van der Waals surface area (Å²) < 4.78 is 47.8. The van der Waals surface area contributed by atoms with E-state index < -0.39 is 11.9 Å². The molecule has 0 unspecified atom stereocenters. The number of fused-ring (bicyclic) bond motifs is 2. The Balaban J connectivity index is 1.65. The normalized spacial score (nSPS) is 14.0. The number of hydrogen-bond acceptors (Lipinski definition) is 5. The van der Waals surface area contributed by atoms with Crippen molar-refractivity contribution in [3.63, 3.8) is 0 Å². The Morgan fingerprint density at radius 1 is 1.13 bits per heavy atom. The first kappa shape index (κ1) is 19.0. The Hall–Kier alpha value is -3.95.